The highest BCUT2D eigenvalue weighted by Gasteiger charge is 2.27. The number of nitrogens with one attached hydrogen (secondary N) is 1. The average molecular weight is 439 g/mol. The van der Waals surface area contributed by atoms with E-state index in [4.69, 9.17) is 4.74 Å². The zero-order valence-electron chi connectivity index (χ0n) is 16.9. The van der Waals surface area contributed by atoms with E-state index in [0.29, 0.717) is 44.0 Å². The molecule has 160 valence electrons. The number of hydrogen-bond acceptors (Lipinski definition) is 4. The van der Waals surface area contributed by atoms with Crippen molar-refractivity contribution >= 4 is 23.2 Å². The van der Waals surface area contributed by atoms with Gasteiger partial charge in [-0.1, -0.05) is 18.2 Å². The third-order valence-corrected chi connectivity index (χ3v) is 6.18. The van der Waals surface area contributed by atoms with Crippen molar-refractivity contribution < 1.29 is 18.7 Å². The Balaban J connectivity index is 1.22. The summed E-state index contributed by atoms with van der Waals surface area (Å²) in [6.45, 7) is 1.64. The first-order valence-electron chi connectivity index (χ1n) is 10.2. The van der Waals surface area contributed by atoms with Crippen molar-refractivity contribution in [2.75, 3.05) is 13.1 Å². The Morgan fingerprint density at radius 1 is 1.00 bits per heavy atom. The normalized spacial score (nSPS) is 14.3. The molecule has 2 aromatic carbocycles. The molecule has 7 heteroatoms. The van der Waals surface area contributed by atoms with Crippen LogP contribution >= 0.6 is 11.3 Å². The van der Waals surface area contributed by atoms with Gasteiger partial charge in [-0.2, -0.15) is 0 Å². The zero-order chi connectivity index (χ0) is 21.6. The Morgan fingerprint density at radius 3 is 2.26 bits per heavy atom. The van der Waals surface area contributed by atoms with E-state index in [2.05, 4.69) is 5.32 Å². The third-order valence-electron chi connectivity index (χ3n) is 5.32. The maximum atomic E-state index is 13.0. The lowest BCUT2D eigenvalue weighted by molar-refractivity contribution is -0.126. The first-order valence-corrected chi connectivity index (χ1v) is 11.1. The minimum atomic E-state index is -0.307. The van der Waals surface area contributed by atoms with Crippen LogP contribution in [0.3, 0.4) is 0 Å². The van der Waals surface area contributed by atoms with Gasteiger partial charge in [-0.05, 0) is 66.2 Å². The summed E-state index contributed by atoms with van der Waals surface area (Å²) >= 11 is 1.44. The number of ether oxygens (including phenoxy) is 1. The van der Waals surface area contributed by atoms with Crippen LogP contribution in [0.25, 0.3) is 0 Å². The molecule has 0 saturated carbocycles. The summed E-state index contributed by atoms with van der Waals surface area (Å²) in [5, 5.41) is 4.89. The Hall–Kier alpha value is -3.19. The van der Waals surface area contributed by atoms with Crippen LogP contribution in [-0.4, -0.2) is 29.8 Å². The van der Waals surface area contributed by atoms with Gasteiger partial charge in [0.05, 0.1) is 4.88 Å². The fourth-order valence-corrected chi connectivity index (χ4v) is 4.24. The van der Waals surface area contributed by atoms with Gasteiger partial charge in [0.15, 0.2) is 0 Å². The van der Waals surface area contributed by atoms with Crippen molar-refractivity contribution in [3.63, 3.8) is 0 Å². The number of carbonyl (C=O) groups excluding carboxylic acids is 2. The number of hydrogen-bond donors (Lipinski definition) is 1. The van der Waals surface area contributed by atoms with Gasteiger partial charge in [0.1, 0.15) is 17.3 Å². The molecule has 0 spiro atoms. The number of amides is 2. The van der Waals surface area contributed by atoms with Gasteiger partial charge in [0.25, 0.3) is 5.91 Å². The molecule has 1 fully saturated rings. The third kappa shape index (κ3) is 5.49. The number of nitrogens with zero attached hydrogens (tertiary/aromatic N) is 1. The minimum absolute atomic E-state index is 0.0230. The molecule has 1 aromatic heterocycles. The lowest BCUT2D eigenvalue weighted by Gasteiger charge is -2.31. The summed E-state index contributed by atoms with van der Waals surface area (Å²) in [6.07, 6.45) is 1.35. The smallest absolute Gasteiger partial charge is 0.263 e. The topological polar surface area (TPSA) is 58.6 Å². The lowest BCUT2D eigenvalue weighted by Crippen LogP contribution is -2.42. The summed E-state index contributed by atoms with van der Waals surface area (Å²) in [5.74, 6) is 0.897. The van der Waals surface area contributed by atoms with E-state index in [-0.39, 0.29) is 23.5 Å². The Morgan fingerprint density at radius 2 is 1.65 bits per heavy atom. The second-order valence-electron chi connectivity index (χ2n) is 7.46. The van der Waals surface area contributed by atoms with Gasteiger partial charge in [-0.15, -0.1) is 11.3 Å². The van der Waals surface area contributed by atoms with Crippen LogP contribution in [0.15, 0.2) is 66.0 Å². The second kappa shape index (κ2) is 9.75. The van der Waals surface area contributed by atoms with Crippen LogP contribution < -0.4 is 10.1 Å². The number of benzene rings is 2. The highest BCUT2D eigenvalue weighted by molar-refractivity contribution is 7.12. The first kappa shape index (κ1) is 21.1. The van der Waals surface area contributed by atoms with E-state index in [1.807, 2.05) is 46.7 Å². The summed E-state index contributed by atoms with van der Waals surface area (Å²) in [7, 11) is 0. The van der Waals surface area contributed by atoms with Crippen molar-refractivity contribution in [3.05, 3.63) is 82.3 Å². The van der Waals surface area contributed by atoms with Gasteiger partial charge in [-0.3, -0.25) is 9.59 Å². The summed E-state index contributed by atoms with van der Waals surface area (Å²) < 4.78 is 18.6. The number of rotatable bonds is 6. The molecular weight excluding hydrogens is 415 g/mol. The zero-order valence-corrected chi connectivity index (χ0v) is 17.7. The van der Waals surface area contributed by atoms with E-state index in [1.165, 1.54) is 23.5 Å². The number of carbonyl (C=O) groups is 2. The number of likely N-dealkylation sites (tertiary alicyclic amines) is 1. The summed E-state index contributed by atoms with van der Waals surface area (Å²) in [6, 6.07) is 17.0. The van der Waals surface area contributed by atoms with Crippen molar-refractivity contribution in [2.24, 2.45) is 5.92 Å². The van der Waals surface area contributed by atoms with Crippen LogP contribution in [0, 0.1) is 11.7 Å². The molecule has 0 atom stereocenters. The molecule has 1 aliphatic heterocycles. The molecule has 0 bridgehead atoms. The van der Waals surface area contributed by atoms with Crippen molar-refractivity contribution in [3.8, 4) is 11.5 Å². The maximum Gasteiger partial charge on any atom is 0.263 e. The molecule has 1 N–H and O–H groups in total. The molecule has 5 nitrogen and oxygen atoms in total. The lowest BCUT2D eigenvalue weighted by atomic mass is 9.95. The predicted molar refractivity (Wildman–Crippen MR) is 118 cm³/mol. The molecule has 2 heterocycles. The molecule has 3 aromatic rings. The van der Waals surface area contributed by atoms with Crippen molar-refractivity contribution in [1.82, 2.24) is 10.2 Å². The molecule has 4 rings (SSSR count). The Kier molecular flexibility index (Phi) is 6.62. The molecule has 1 saturated heterocycles. The van der Waals surface area contributed by atoms with E-state index in [1.54, 1.807) is 12.1 Å². The molecule has 0 unspecified atom stereocenters. The Bertz CT molecular complexity index is 1010. The van der Waals surface area contributed by atoms with Crippen LogP contribution in [0.4, 0.5) is 4.39 Å². The molecule has 2 amide bonds. The van der Waals surface area contributed by atoms with Gasteiger partial charge in [-0.25, -0.2) is 4.39 Å². The highest BCUT2D eigenvalue weighted by Crippen LogP contribution is 2.23. The molecule has 0 aliphatic carbocycles. The van der Waals surface area contributed by atoms with Gasteiger partial charge < -0.3 is 15.0 Å². The van der Waals surface area contributed by atoms with Gasteiger partial charge >= 0.3 is 0 Å². The average Bonchev–Trinajstić information content (AvgIpc) is 3.34. The fraction of sp³-hybridized carbons (Fsp3) is 0.250. The molecule has 1 aliphatic rings. The fourth-order valence-electron chi connectivity index (χ4n) is 3.55. The number of halogens is 1. The van der Waals surface area contributed by atoms with Crippen LogP contribution in [0.1, 0.15) is 28.1 Å². The second-order valence-corrected chi connectivity index (χ2v) is 8.41. The highest BCUT2D eigenvalue weighted by atomic mass is 32.1. The van der Waals surface area contributed by atoms with E-state index < -0.39 is 0 Å². The molecule has 0 radical (unpaired) electrons. The van der Waals surface area contributed by atoms with Crippen LogP contribution in [-0.2, 0) is 11.3 Å². The standard InChI is InChI=1S/C24H23FN2O3S/c25-19-5-9-21(10-6-19)30-20-7-3-17(4-8-20)16-26-23(28)18-11-13-27(14-12-18)24(29)22-2-1-15-31-22/h1-10,15,18H,11-14,16H2,(H,26,28). The SMILES string of the molecule is O=C(NCc1ccc(Oc2ccc(F)cc2)cc1)C1CCN(C(=O)c2cccs2)CC1. The monoisotopic (exact) mass is 438 g/mol. The van der Waals surface area contributed by atoms with E-state index >= 15 is 0 Å². The molecular formula is C24H23FN2O3S. The van der Waals surface area contributed by atoms with Crippen LogP contribution in [0.2, 0.25) is 0 Å². The van der Waals surface area contributed by atoms with Gasteiger partial charge in [0, 0.05) is 25.6 Å². The first-order chi connectivity index (χ1) is 15.1. The Labute approximate surface area is 184 Å². The van der Waals surface area contributed by atoms with E-state index in [0.717, 1.165) is 10.4 Å². The van der Waals surface area contributed by atoms with Crippen molar-refractivity contribution in [2.45, 2.75) is 19.4 Å². The largest absolute Gasteiger partial charge is 0.457 e. The van der Waals surface area contributed by atoms with Gasteiger partial charge in [0.2, 0.25) is 5.91 Å². The predicted octanol–water partition coefficient (Wildman–Crippen LogP) is 4.85. The summed E-state index contributed by atoms with van der Waals surface area (Å²) in [5.41, 5.74) is 0.963. The number of thiophene rings is 1. The quantitative estimate of drug-likeness (QED) is 0.599. The van der Waals surface area contributed by atoms with Crippen molar-refractivity contribution in [1.29, 1.82) is 0 Å². The maximum absolute atomic E-state index is 13.0. The molecule has 31 heavy (non-hydrogen) atoms. The van der Waals surface area contributed by atoms with E-state index in [9.17, 15) is 14.0 Å². The number of piperidine rings is 1. The van der Waals surface area contributed by atoms with Crippen LogP contribution in [0.5, 0.6) is 11.5 Å². The summed E-state index contributed by atoms with van der Waals surface area (Å²) in [4.78, 5) is 27.5. The minimum Gasteiger partial charge on any atom is -0.457 e.